The summed E-state index contributed by atoms with van der Waals surface area (Å²) in [4.78, 5) is 2.65. The third-order valence-corrected chi connectivity index (χ3v) is 3.71. The summed E-state index contributed by atoms with van der Waals surface area (Å²) < 4.78 is 5.65. The molecule has 0 aromatic heterocycles. The van der Waals surface area contributed by atoms with Gasteiger partial charge in [0.05, 0.1) is 12.7 Å². The Morgan fingerprint density at radius 1 is 1.21 bits per heavy atom. The third kappa shape index (κ3) is 2.10. The van der Waals surface area contributed by atoms with Gasteiger partial charge in [-0.3, -0.25) is 4.90 Å². The highest BCUT2D eigenvalue weighted by Crippen LogP contribution is 2.21. The fourth-order valence-corrected chi connectivity index (χ4v) is 2.61. The molecule has 2 saturated heterocycles. The average molecular weight is 198 g/mol. The Morgan fingerprint density at radius 3 is 2.64 bits per heavy atom. The lowest BCUT2D eigenvalue weighted by molar-refractivity contribution is -0.0753. The largest absolute Gasteiger partial charge is 0.376 e. The van der Waals surface area contributed by atoms with Gasteiger partial charge in [-0.2, -0.15) is 0 Å². The van der Waals surface area contributed by atoms with Gasteiger partial charge in [0.1, 0.15) is 0 Å². The van der Waals surface area contributed by atoms with E-state index in [1.165, 1.54) is 25.9 Å². The minimum absolute atomic E-state index is 0.402. The predicted octanol–water partition coefficient (Wildman–Crippen LogP) is 0.848. The van der Waals surface area contributed by atoms with Crippen molar-refractivity contribution in [3.05, 3.63) is 0 Å². The lowest BCUT2D eigenvalue weighted by Crippen LogP contribution is -2.55. The summed E-state index contributed by atoms with van der Waals surface area (Å²) in [5.74, 6) is 0. The Labute approximate surface area is 86.8 Å². The zero-order valence-electron chi connectivity index (χ0n) is 9.33. The number of ether oxygens (including phenoxy) is 1. The van der Waals surface area contributed by atoms with Crippen molar-refractivity contribution in [1.82, 2.24) is 10.2 Å². The lowest BCUT2D eigenvalue weighted by Gasteiger charge is -2.44. The van der Waals surface area contributed by atoms with Crippen molar-refractivity contribution in [2.45, 2.75) is 44.9 Å². The van der Waals surface area contributed by atoms with Gasteiger partial charge in [-0.05, 0) is 39.8 Å². The summed E-state index contributed by atoms with van der Waals surface area (Å²) in [6.07, 6.45) is 3.01. The number of piperidine rings is 1. The first-order valence-corrected chi connectivity index (χ1v) is 5.87. The van der Waals surface area contributed by atoms with Crippen molar-refractivity contribution in [2.75, 3.05) is 26.2 Å². The minimum Gasteiger partial charge on any atom is -0.376 e. The SMILES string of the molecule is CC1OCCN(C2CCNCC2)C1C. The zero-order chi connectivity index (χ0) is 9.97. The van der Waals surface area contributed by atoms with Crippen molar-refractivity contribution in [1.29, 1.82) is 0 Å². The molecule has 2 unspecified atom stereocenters. The van der Waals surface area contributed by atoms with E-state index in [1.807, 2.05) is 0 Å². The fourth-order valence-electron chi connectivity index (χ4n) is 2.61. The van der Waals surface area contributed by atoms with Gasteiger partial charge >= 0.3 is 0 Å². The molecule has 0 saturated carbocycles. The highest BCUT2D eigenvalue weighted by atomic mass is 16.5. The highest BCUT2D eigenvalue weighted by Gasteiger charge is 2.31. The number of hydrogen-bond acceptors (Lipinski definition) is 3. The normalized spacial score (nSPS) is 37.3. The Bertz CT molecular complexity index is 180. The van der Waals surface area contributed by atoms with Crippen LogP contribution in [-0.4, -0.2) is 49.3 Å². The fraction of sp³-hybridized carbons (Fsp3) is 1.00. The number of hydrogen-bond donors (Lipinski definition) is 1. The van der Waals surface area contributed by atoms with E-state index in [0.717, 1.165) is 19.2 Å². The third-order valence-electron chi connectivity index (χ3n) is 3.71. The van der Waals surface area contributed by atoms with Crippen molar-refractivity contribution < 1.29 is 4.74 Å². The van der Waals surface area contributed by atoms with Crippen LogP contribution in [0.1, 0.15) is 26.7 Å². The topological polar surface area (TPSA) is 24.5 Å². The molecular weight excluding hydrogens is 176 g/mol. The molecule has 82 valence electrons. The summed E-state index contributed by atoms with van der Waals surface area (Å²) in [5, 5.41) is 3.42. The number of nitrogens with one attached hydrogen (secondary N) is 1. The van der Waals surface area contributed by atoms with Gasteiger partial charge in [-0.15, -0.1) is 0 Å². The van der Waals surface area contributed by atoms with Crippen molar-refractivity contribution in [3.63, 3.8) is 0 Å². The monoisotopic (exact) mass is 198 g/mol. The molecule has 2 aliphatic rings. The maximum absolute atomic E-state index is 5.65. The second kappa shape index (κ2) is 4.60. The van der Waals surface area contributed by atoms with E-state index in [1.54, 1.807) is 0 Å². The summed E-state index contributed by atoms with van der Waals surface area (Å²) in [7, 11) is 0. The molecule has 1 N–H and O–H groups in total. The van der Waals surface area contributed by atoms with E-state index in [4.69, 9.17) is 4.74 Å². The Kier molecular flexibility index (Phi) is 3.42. The Hall–Kier alpha value is -0.120. The number of nitrogens with zero attached hydrogens (tertiary/aromatic N) is 1. The van der Waals surface area contributed by atoms with Crippen LogP contribution < -0.4 is 5.32 Å². The molecule has 2 fully saturated rings. The van der Waals surface area contributed by atoms with Crippen LogP contribution in [-0.2, 0) is 4.74 Å². The van der Waals surface area contributed by atoms with Crippen LogP contribution in [0.2, 0.25) is 0 Å². The molecule has 2 heterocycles. The van der Waals surface area contributed by atoms with Gasteiger partial charge in [0, 0.05) is 18.6 Å². The molecule has 0 amide bonds. The quantitative estimate of drug-likeness (QED) is 0.676. The molecule has 2 atom stereocenters. The van der Waals surface area contributed by atoms with Gasteiger partial charge in [0.25, 0.3) is 0 Å². The molecule has 3 heteroatoms. The number of rotatable bonds is 1. The Balaban J connectivity index is 1.93. The second-order valence-corrected chi connectivity index (χ2v) is 4.54. The molecule has 3 nitrogen and oxygen atoms in total. The summed E-state index contributed by atoms with van der Waals surface area (Å²) >= 11 is 0. The molecule has 0 bridgehead atoms. The van der Waals surface area contributed by atoms with Gasteiger partial charge in [0.15, 0.2) is 0 Å². The first-order valence-electron chi connectivity index (χ1n) is 5.87. The van der Waals surface area contributed by atoms with Crippen LogP contribution in [0.25, 0.3) is 0 Å². The summed E-state index contributed by atoms with van der Waals surface area (Å²) in [6.45, 7) is 8.89. The van der Waals surface area contributed by atoms with Gasteiger partial charge < -0.3 is 10.1 Å². The highest BCUT2D eigenvalue weighted by molar-refractivity contribution is 4.85. The van der Waals surface area contributed by atoms with Crippen LogP contribution in [0.15, 0.2) is 0 Å². The van der Waals surface area contributed by atoms with Crippen LogP contribution in [0.5, 0.6) is 0 Å². The van der Waals surface area contributed by atoms with Gasteiger partial charge in [0.2, 0.25) is 0 Å². The van der Waals surface area contributed by atoms with E-state index in [9.17, 15) is 0 Å². The van der Waals surface area contributed by atoms with Crippen molar-refractivity contribution >= 4 is 0 Å². The molecule has 2 aliphatic heterocycles. The van der Waals surface area contributed by atoms with E-state index in [2.05, 4.69) is 24.1 Å². The molecule has 0 radical (unpaired) electrons. The zero-order valence-corrected chi connectivity index (χ0v) is 9.33. The van der Waals surface area contributed by atoms with Crippen LogP contribution in [0, 0.1) is 0 Å². The maximum atomic E-state index is 5.65. The van der Waals surface area contributed by atoms with Gasteiger partial charge in [-0.25, -0.2) is 0 Å². The smallest absolute Gasteiger partial charge is 0.0700 e. The summed E-state index contributed by atoms with van der Waals surface area (Å²) in [5.41, 5.74) is 0. The maximum Gasteiger partial charge on any atom is 0.0700 e. The van der Waals surface area contributed by atoms with Gasteiger partial charge in [-0.1, -0.05) is 0 Å². The molecule has 0 aromatic carbocycles. The van der Waals surface area contributed by atoms with E-state index in [-0.39, 0.29) is 0 Å². The molecule has 14 heavy (non-hydrogen) atoms. The van der Waals surface area contributed by atoms with Crippen LogP contribution in [0.4, 0.5) is 0 Å². The molecule has 0 aliphatic carbocycles. The number of morpholine rings is 1. The van der Waals surface area contributed by atoms with Crippen molar-refractivity contribution in [2.24, 2.45) is 0 Å². The van der Waals surface area contributed by atoms with E-state index in [0.29, 0.717) is 12.1 Å². The first-order chi connectivity index (χ1) is 6.79. The molecule has 0 spiro atoms. The Morgan fingerprint density at radius 2 is 1.93 bits per heavy atom. The van der Waals surface area contributed by atoms with Crippen LogP contribution in [0.3, 0.4) is 0 Å². The predicted molar refractivity (Wildman–Crippen MR) is 57.5 cm³/mol. The molecular formula is C11H22N2O. The van der Waals surface area contributed by atoms with Crippen LogP contribution >= 0.6 is 0 Å². The average Bonchev–Trinajstić information content (AvgIpc) is 2.23. The first kappa shape index (κ1) is 10.4. The van der Waals surface area contributed by atoms with E-state index < -0.39 is 0 Å². The second-order valence-electron chi connectivity index (χ2n) is 4.54. The lowest BCUT2D eigenvalue weighted by atomic mass is 10.0. The summed E-state index contributed by atoms with van der Waals surface area (Å²) in [6, 6.07) is 1.38. The standard InChI is InChI=1S/C11H22N2O/c1-9-10(2)14-8-7-13(9)11-3-5-12-6-4-11/h9-12H,3-8H2,1-2H3. The molecule has 2 rings (SSSR count). The molecule has 0 aromatic rings. The minimum atomic E-state index is 0.402. The van der Waals surface area contributed by atoms with Crippen molar-refractivity contribution in [3.8, 4) is 0 Å². The van der Waals surface area contributed by atoms with E-state index >= 15 is 0 Å².